The van der Waals surface area contributed by atoms with E-state index >= 15 is 0 Å². The highest BCUT2D eigenvalue weighted by atomic mass is 79.9. The summed E-state index contributed by atoms with van der Waals surface area (Å²) in [6.45, 7) is 0.512. The van der Waals surface area contributed by atoms with Crippen molar-refractivity contribution in [3.05, 3.63) is 52.8 Å². The van der Waals surface area contributed by atoms with Gasteiger partial charge in [0.05, 0.1) is 6.20 Å². The molecule has 0 bridgehead atoms. The van der Waals surface area contributed by atoms with Crippen LogP contribution in [0.3, 0.4) is 0 Å². The molecule has 4 heteroatoms. The first kappa shape index (κ1) is 11.0. The van der Waals surface area contributed by atoms with E-state index in [1.807, 2.05) is 30.3 Å². The number of rotatable bonds is 3. The third kappa shape index (κ3) is 2.97. The molecule has 2 aromatic rings. The molecule has 0 unspecified atom stereocenters. The molecule has 1 aromatic carbocycles. The van der Waals surface area contributed by atoms with E-state index in [0.717, 1.165) is 21.5 Å². The molecule has 3 nitrogen and oxygen atoms in total. The van der Waals surface area contributed by atoms with Crippen LogP contribution in [0.5, 0.6) is 5.75 Å². The highest BCUT2D eigenvalue weighted by Crippen LogP contribution is 2.17. The fraction of sp³-hybridized carbons (Fsp3) is 0.0833. The summed E-state index contributed by atoms with van der Waals surface area (Å²) in [6, 6.07) is 9.49. The standard InChI is InChI=1S/C12H11BrN2O/c13-10-5-12(7-15-6-10)16-8-9-1-3-11(14)4-2-9/h1-7H,8,14H2. The van der Waals surface area contributed by atoms with Gasteiger partial charge in [0.15, 0.2) is 0 Å². The third-order valence-electron chi connectivity index (χ3n) is 2.07. The van der Waals surface area contributed by atoms with Crippen molar-refractivity contribution in [1.82, 2.24) is 4.98 Å². The number of benzene rings is 1. The summed E-state index contributed by atoms with van der Waals surface area (Å²) in [5.41, 5.74) is 7.43. The van der Waals surface area contributed by atoms with Gasteiger partial charge in [-0.2, -0.15) is 0 Å². The van der Waals surface area contributed by atoms with E-state index in [0.29, 0.717) is 6.61 Å². The molecule has 0 aliphatic rings. The zero-order valence-corrected chi connectivity index (χ0v) is 10.1. The topological polar surface area (TPSA) is 48.1 Å². The lowest BCUT2D eigenvalue weighted by atomic mass is 10.2. The fourth-order valence-corrected chi connectivity index (χ4v) is 1.60. The number of ether oxygens (including phenoxy) is 1. The summed E-state index contributed by atoms with van der Waals surface area (Å²) < 4.78 is 6.48. The molecule has 0 spiro atoms. The Morgan fingerprint density at radius 2 is 1.94 bits per heavy atom. The highest BCUT2D eigenvalue weighted by molar-refractivity contribution is 9.10. The van der Waals surface area contributed by atoms with Crippen LogP contribution >= 0.6 is 15.9 Å². The van der Waals surface area contributed by atoms with Gasteiger partial charge in [-0.25, -0.2) is 0 Å². The summed E-state index contributed by atoms with van der Waals surface area (Å²) in [6.07, 6.45) is 3.40. The van der Waals surface area contributed by atoms with E-state index in [1.165, 1.54) is 0 Å². The zero-order chi connectivity index (χ0) is 11.4. The quantitative estimate of drug-likeness (QED) is 0.878. The molecule has 0 aliphatic carbocycles. The maximum absolute atomic E-state index is 5.60. The van der Waals surface area contributed by atoms with E-state index in [9.17, 15) is 0 Å². The maximum atomic E-state index is 5.60. The van der Waals surface area contributed by atoms with E-state index in [-0.39, 0.29) is 0 Å². The average molecular weight is 279 g/mol. The van der Waals surface area contributed by atoms with Gasteiger partial charge in [-0.15, -0.1) is 0 Å². The van der Waals surface area contributed by atoms with E-state index < -0.39 is 0 Å². The number of nitrogens with two attached hydrogens (primary N) is 1. The second kappa shape index (κ2) is 4.99. The van der Waals surface area contributed by atoms with Crippen LogP contribution in [0.4, 0.5) is 5.69 Å². The largest absolute Gasteiger partial charge is 0.487 e. The molecule has 1 heterocycles. The number of nitrogen functional groups attached to an aromatic ring is 1. The molecule has 16 heavy (non-hydrogen) atoms. The highest BCUT2D eigenvalue weighted by Gasteiger charge is 1.97. The van der Waals surface area contributed by atoms with E-state index in [4.69, 9.17) is 10.5 Å². The molecule has 0 aliphatic heterocycles. The first-order chi connectivity index (χ1) is 7.74. The number of anilines is 1. The number of pyridine rings is 1. The van der Waals surface area contributed by atoms with E-state index in [1.54, 1.807) is 12.4 Å². The Morgan fingerprint density at radius 3 is 2.62 bits per heavy atom. The Labute approximate surface area is 102 Å². The predicted octanol–water partition coefficient (Wildman–Crippen LogP) is 3.01. The van der Waals surface area contributed by atoms with Crippen molar-refractivity contribution in [3.63, 3.8) is 0 Å². The van der Waals surface area contributed by atoms with Crippen LogP contribution in [0.2, 0.25) is 0 Å². The Morgan fingerprint density at radius 1 is 1.19 bits per heavy atom. The Kier molecular flexibility index (Phi) is 3.41. The van der Waals surface area contributed by atoms with Gasteiger partial charge in [-0.3, -0.25) is 4.98 Å². The van der Waals surface area contributed by atoms with Crippen molar-refractivity contribution >= 4 is 21.6 Å². The van der Waals surface area contributed by atoms with Crippen LogP contribution in [0, 0.1) is 0 Å². The smallest absolute Gasteiger partial charge is 0.139 e. The molecule has 0 fully saturated rings. The summed E-state index contributed by atoms with van der Waals surface area (Å²) >= 11 is 3.34. The normalized spacial score (nSPS) is 10.1. The van der Waals surface area contributed by atoms with Crippen molar-refractivity contribution in [1.29, 1.82) is 0 Å². The summed E-state index contributed by atoms with van der Waals surface area (Å²) in [5.74, 6) is 0.742. The Balaban J connectivity index is 1.99. The Hall–Kier alpha value is -1.55. The molecule has 0 saturated carbocycles. The summed E-state index contributed by atoms with van der Waals surface area (Å²) in [4.78, 5) is 4.02. The SMILES string of the molecule is Nc1ccc(COc2cncc(Br)c2)cc1. The van der Waals surface area contributed by atoms with Crippen molar-refractivity contribution in [2.24, 2.45) is 0 Å². The van der Waals surface area contributed by atoms with Gasteiger partial charge in [0.25, 0.3) is 0 Å². The van der Waals surface area contributed by atoms with Gasteiger partial charge in [-0.05, 0) is 39.7 Å². The molecule has 0 amide bonds. The first-order valence-electron chi connectivity index (χ1n) is 4.82. The first-order valence-corrected chi connectivity index (χ1v) is 5.61. The van der Waals surface area contributed by atoms with Crippen molar-refractivity contribution < 1.29 is 4.74 Å². The lowest BCUT2D eigenvalue weighted by Crippen LogP contribution is -1.96. The van der Waals surface area contributed by atoms with Gasteiger partial charge in [0, 0.05) is 16.4 Å². The van der Waals surface area contributed by atoms with Crippen LogP contribution in [-0.4, -0.2) is 4.98 Å². The van der Waals surface area contributed by atoms with E-state index in [2.05, 4.69) is 20.9 Å². The van der Waals surface area contributed by atoms with Gasteiger partial charge in [0.1, 0.15) is 12.4 Å². The second-order valence-electron chi connectivity index (χ2n) is 3.37. The lowest BCUT2D eigenvalue weighted by Gasteiger charge is -2.06. The van der Waals surface area contributed by atoms with Crippen molar-refractivity contribution in [2.75, 3.05) is 5.73 Å². The molecule has 0 saturated heterocycles. The molecule has 82 valence electrons. The predicted molar refractivity (Wildman–Crippen MR) is 67.1 cm³/mol. The molecule has 2 N–H and O–H groups in total. The molecule has 0 atom stereocenters. The Bertz CT molecular complexity index is 471. The minimum Gasteiger partial charge on any atom is -0.487 e. The summed E-state index contributed by atoms with van der Waals surface area (Å²) in [7, 11) is 0. The molecule has 1 aromatic heterocycles. The van der Waals surface area contributed by atoms with Gasteiger partial charge < -0.3 is 10.5 Å². The molecule has 2 rings (SSSR count). The third-order valence-corrected chi connectivity index (χ3v) is 2.50. The number of aromatic nitrogens is 1. The molecule has 0 radical (unpaired) electrons. The monoisotopic (exact) mass is 278 g/mol. The van der Waals surface area contributed by atoms with Gasteiger partial charge in [0.2, 0.25) is 0 Å². The summed E-state index contributed by atoms with van der Waals surface area (Å²) in [5, 5.41) is 0. The second-order valence-corrected chi connectivity index (χ2v) is 4.28. The maximum Gasteiger partial charge on any atom is 0.139 e. The molecular formula is C12H11BrN2O. The average Bonchev–Trinajstić information content (AvgIpc) is 2.28. The molecular weight excluding hydrogens is 268 g/mol. The van der Waals surface area contributed by atoms with Crippen LogP contribution < -0.4 is 10.5 Å². The lowest BCUT2D eigenvalue weighted by molar-refractivity contribution is 0.305. The zero-order valence-electron chi connectivity index (χ0n) is 8.56. The minimum absolute atomic E-state index is 0.512. The number of hydrogen-bond acceptors (Lipinski definition) is 3. The van der Waals surface area contributed by atoms with Crippen LogP contribution in [0.15, 0.2) is 47.2 Å². The minimum atomic E-state index is 0.512. The van der Waals surface area contributed by atoms with Crippen LogP contribution in [-0.2, 0) is 6.61 Å². The van der Waals surface area contributed by atoms with Crippen molar-refractivity contribution in [3.8, 4) is 5.75 Å². The van der Waals surface area contributed by atoms with Crippen molar-refractivity contribution in [2.45, 2.75) is 6.61 Å². The van der Waals surface area contributed by atoms with Gasteiger partial charge in [-0.1, -0.05) is 12.1 Å². The fourth-order valence-electron chi connectivity index (χ4n) is 1.25. The number of nitrogens with zero attached hydrogens (tertiary/aromatic N) is 1. The number of hydrogen-bond donors (Lipinski definition) is 1. The van der Waals surface area contributed by atoms with Gasteiger partial charge >= 0.3 is 0 Å². The van der Waals surface area contributed by atoms with Crippen LogP contribution in [0.25, 0.3) is 0 Å². The number of halogens is 1. The van der Waals surface area contributed by atoms with Crippen LogP contribution in [0.1, 0.15) is 5.56 Å².